The van der Waals surface area contributed by atoms with E-state index in [1.54, 1.807) is 0 Å². The molecule has 9 heteroatoms. The molecular weight excluding hydrogens is 410 g/mol. The molecule has 0 bridgehead atoms. The summed E-state index contributed by atoms with van der Waals surface area (Å²) in [5.74, 6) is 1.20. The number of nitrogens with zero attached hydrogens (tertiary/aromatic N) is 4. The Balaban J connectivity index is 0.00000242. The summed E-state index contributed by atoms with van der Waals surface area (Å²) in [5, 5.41) is 0. The van der Waals surface area contributed by atoms with E-state index >= 15 is 0 Å². The smallest absolute Gasteiger partial charge is 0.370 e. The maximum absolute atomic E-state index is 12.4. The highest BCUT2D eigenvalue weighted by Crippen LogP contribution is 2.19. The van der Waals surface area contributed by atoms with Crippen LogP contribution in [0, 0.1) is 5.92 Å². The van der Waals surface area contributed by atoms with Crippen LogP contribution in [-0.2, 0) is 13.1 Å². The van der Waals surface area contributed by atoms with Crippen molar-refractivity contribution >= 4 is 29.9 Å². The van der Waals surface area contributed by atoms with Gasteiger partial charge in [0, 0.05) is 25.5 Å². The van der Waals surface area contributed by atoms with Gasteiger partial charge < -0.3 is 15.2 Å². The monoisotopic (exact) mass is 431 g/mol. The molecule has 0 amide bonds. The molecule has 5 nitrogen and oxygen atoms in total. The molecule has 1 unspecified atom stereocenters. The van der Waals surface area contributed by atoms with E-state index < -0.39 is 12.7 Å². The van der Waals surface area contributed by atoms with Crippen molar-refractivity contribution in [3.63, 3.8) is 0 Å². The Morgan fingerprint density at radius 1 is 1.50 bits per heavy atom. The van der Waals surface area contributed by atoms with Crippen LogP contribution >= 0.6 is 24.0 Å². The minimum atomic E-state index is -4.27. The maximum Gasteiger partial charge on any atom is 0.406 e. The SMILES string of the molecule is CC1CCCN(C(N)=NCc2nccn2CC(F)(F)F)C1.I. The van der Waals surface area contributed by atoms with E-state index in [0.717, 1.165) is 24.1 Å². The molecule has 0 radical (unpaired) electrons. The van der Waals surface area contributed by atoms with Gasteiger partial charge in [-0.3, -0.25) is 0 Å². The van der Waals surface area contributed by atoms with E-state index in [4.69, 9.17) is 5.73 Å². The third kappa shape index (κ3) is 5.65. The molecule has 0 aromatic carbocycles. The summed E-state index contributed by atoms with van der Waals surface area (Å²) in [6.45, 7) is 2.83. The number of rotatable bonds is 3. The van der Waals surface area contributed by atoms with E-state index in [9.17, 15) is 13.2 Å². The molecule has 0 aliphatic carbocycles. The van der Waals surface area contributed by atoms with Gasteiger partial charge in [-0.15, -0.1) is 24.0 Å². The average Bonchev–Trinajstić information content (AvgIpc) is 2.81. The van der Waals surface area contributed by atoms with E-state index in [1.165, 1.54) is 18.8 Å². The van der Waals surface area contributed by atoms with Crippen LogP contribution in [0.4, 0.5) is 13.2 Å². The van der Waals surface area contributed by atoms with Crippen LogP contribution in [0.1, 0.15) is 25.6 Å². The molecule has 2 heterocycles. The molecule has 1 atom stereocenters. The Kier molecular flexibility index (Phi) is 6.95. The van der Waals surface area contributed by atoms with Crippen molar-refractivity contribution in [2.24, 2.45) is 16.6 Å². The highest BCUT2D eigenvalue weighted by Gasteiger charge is 2.28. The van der Waals surface area contributed by atoms with Crippen molar-refractivity contribution in [3.8, 4) is 0 Å². The van der Waals surface area contributed by atoms with Crippen LogP contribution < -0.4 is 5.73 Å². The summed E-state index contributed by atoms with van der Waals surface area (Å²) < 4.78 is 38.3. The molecule has 2 rings (SSSR count). The number of likely N-dealkylation sites (tertiary alicyclic amines) is 1. The Labute approximate surface area is 144 Å². The maximum atomic E-state index is 12.4. The number of hydrogen-bond donors (Lipinski definition) is 1. The van der Waals surface area contributed by atoms with E-state index in [0.29, 0.717) is 11.9 Å². The van der Waals surface area contributed by atoms with Gasteiger partial charge in [0.2, 0.25) is 0 Å². The van der Waals surface area contributed by atoms with Crippen molar-refractivity contribution < 1.29 is 13.2 Å². The summed E-state index contributed by atoms with van der Waals surface area (Å²) >= 11 is 0. The van der Waals surface area contributed by atoms with Crippen LogP contribution in [0.15, 0.2) is 17.4 Å². The summed E-state index contributed by atoms with van der Waals surface area (Å²) in [6.07, 6.45) is 0.597. The van der Waals surface area contributed by atoms with Crippen LogP contribution in [-0.4, -0.2) is 39.7 Å². The van der Waals surface area contributed by atoms with Gasteiger partial charge in [0.1, 0.15) is 18.9 Å². The molecule has 1 saturated heterocycles. The highest BCUT2D eigenvalue weighted by atomic mass is 127. The summed E-state index contributed by atoms with van der Waals surface area (Å²) in [7, 11) is 0. The van der Waals surface area contributed by atoms with Crippen molar-refractivity contribution in [1.82, 2.24) is 14.5 Å². The number of alkyl halides is 3. The number of aromatic nitrogens is 2. The van der Waals surface area contributed by atoms with E-state index in [2.05, 4.69) is 16.9 Å². The Bertz CT molecular complexity index is 500. The van der Waals surface area contributed by atoms with Gasteiger partial charge in [0.15, 0.2) is 5.96 Å². The molecule has 22 heavy (non-hydrogen) atoms. The van der Waals surface area contributed by atoms with Crippen molar-refractivity contribution in [2.45, 2.75) is 39.0 Å². The summed E-state index contributed by atoms with van der Waals surface area (Å²) in [4.78, 5) is 10.1. The minimum Gasteiger partial charge on any atom is -0.370 e. The third-order valence-corrected chi connectivity index (χ3v) is 3.51. The second-order valence-corrected chi connectivity index (χ2v) is 5.45. The molecule has 1 aromatic rings. The minimum absolute atomic E-state index is 0. The van der Waals surface area contributed by atoms with E-state index in [-0.39, 0.29) is 36.3 Å². The largest absolute Gasteiger partial charge is 0.406 e. The number of nitrogens with two attached hydrogens (primary N) is 1. The predicted molar refractivity (Wildman–Crippen MR) is 89.0 cm³/mol. The number of aliphatic imine (C=N–C) groups is 1. The first-order valence-electron chi connectivity index (χ1n) is 6.97. The average molecular weight is 431 g/mol. The standard InChI is InChI=1S/C13H20F3N5.HI/c1-10-3-2-5-20(8-10)12(17)19-7-11-18-4-6-21(11)9-13(14,15)16;/h4,6,10H,2-3,5,7-9H2,1H3,(H2,17,19);1H. The molecule has 0 spiro atoms. The zero-order valence-corrected chi connectivity index (χ0v) is 14.7. The molecular formula is C13H21F3IN5. The number of guanidine groups is 1. The van der Waals surface area contributed by atoms with E-state index in [1.807, 2.05) is 4.90 Å². The fourth-order valence-corrected chi connectivity index (χ4v) is 2.48. The van der Waals surface area contributed by atoms with Crippen molar-refractivity contribution in [1.29, 1.82) is 0 Å². The van der Waals surface area contributed by atoms with Crippen LogP contribution in [0.3, 0.4) is 0 Å². The summed E-state index contributed by atoms with van der Waals surface area (Å²) in [6, 6.07) is 0. The summed E-state index contributed by atoms with van der Waals surface area (Å²) in [5.41, 5.74) is 5.92. The number of imidazole rings is 1. The van der Waals surface area contributed by atoms with Gasteiger partial charge in [-0.05, 0) is 18.8 Å². The second-order valence-electron chi connectivity index (χ2n) is 5.45. The number of halogens is 4. The first kappa shape index (κ1) is 19.0. The molecule has 1 aliphatic heterocycles. The van der Waals surface area contributed by atoms with Crippen LogP contribution in [0.25, 0.3) is 0 Å². The Hall–Kier alpha value is -1.00. The molecule has 2 N–H and O–H groups in total. The van der Waals surface area contributed by atoms with Gasteiger partial charge in [0.05, 0.1) is 0 Å². The zero-order valence-electron chi connectivity index (χ0n) is 12.4. The van der Waals surface area contributed by atoms with Gasteiger partial charge in [-0.2, -0.15) is 13.2 Å². The lowest BCUT2D eigenvalue weighted by Crippen LogP contribution is -2.43. The fourth-order valence-electron chi connectivity index (χ4n) is 2.48. The van der Waals surface area contributed by atoms with Gasteiger partial charge in [-0.1, -0.05) is 6.92 Å². The normalized spacial score (nSPS) is 19.9. The van der Waals surface area contributed by atoms with Crippen LogP contribution in [0.2, 0.25) is 0 Å². The predicted octanol–water partition coefficient (Wildman–Crippen LogP) is 2.61. The van der Waals surface area contributed by atoms with Gasteiger partial charge in [-0.25, -0.2) is 9.98 Å². The van der Waals surface area contributed by atoms with Crippen molar-refractivity contribution in [3.05, 3.63) is 18.2 Å². The van der Waals surface area contributed by atoms with Crippen LogP contribution in [0.5, 0.6) is 0 Å². The van der Waals surface area contributed by atoms with Gasteiger partial charge >= 0.3 is 6.18 Å². The quantitative estimate of drug-likeness (QED) is 0.455. The molecule has 1 aromatic heterocycles. The fraction of sp³-hybridized carbons (Fsp3) is 0.692. The molecule has 1 aliphatic rings. The lowest BCUT2D eigenvalue weighted by Gasteiger charge is -2.31. The number of hydrogen-bond acceptors (Lipinski definition) is 2. The van der Waals surface area contributed by atoms with Gasteiger partial charge in [0.25, 0.3) is 0 Å². The zero-order chi connectivity index (χ0) is 15.5. The topological polar surface area (TPSA) is 59.4 Å². The first-order valence-corrected chi connectivity index (χ1v) is 6.97. The molecule has 1 fully saturated rings. The Morgan fingerprint density at radius 2 is 2.23 bits per heavy atom. The van der Waals surface area contributed by atoms with Crippen molar-refractivity contribution in [2.75, 3.05) is 13.1 Å². The second kappa shape index (κ2) is 8.02. The number of piperidine rings is 1. The Morgan fingerprint density at radius 3 is 2.86 bits per heavy atom. The lowest BCUT2D eigenvalue weighted by atomic mass is 10.0. The highest BCUT2D eigenvalue weighted by molar-refractivity contribution is 14.0. The molecule has 126 valence electrons. The lowest BCUT2D eigenvalue weighted by molar-refractivity contribution is -0.141. The molecule has 0 saturated carbocycles. The first-order chi connectivity index (χ1) is 9.85. The third-order valence-electron chi connectivity index (χ3n) is 3.51.